The third-order valence-corrected chi connectivity index (χ3v) is 3.26. The van der Waals surface area contributed by atoms with Crippen LogP contribution in [-0.2, 0) is 0 Å². The van der Waals surface area contributed by atoms with E-state index in [1.807, 2.05) is 30.3 Å². The Morgan fingerprint density at radius 1 is 1.11 bits per heavy atom. The van der Waals surface area contributed by atoms with Crippen molar-refractivity contribution in [1.29, 1.82) is 0 Å². The van der Waals surface area contributed by atoms with Gasteiger partial charge in [-0.15, -0.1) is 0 Å². The van der Waals surface area contributed by atoms with Gasteiger partial charge in [0.2, 0.25) is 0 Å². The molecule has 0 amide bonds. The van der Waals surface area contributed by atoms with Crippen LogP contribution in [0.1, 0.15) is 15.9 Å². The van der Waals surface area contributed by atoms with Crippen LogP contribution < -0.4 is 0 Å². The summed E-state index contributed by atoms with van der Waals surface area (Å²) in [5.41, 5.74) is 1.49. The van der Waals surface area contributed by atoms with Crippen molar-refractivity contribution in [1.82, 2.24) is 0 Å². The van der Waals surface area contributed by atoms with E-state index >= 15 is 0 Å². The Bertz CT molecular complexity index is 591. The van der Waals surface area contributed by atoms with Gasteiger partial charge in [0.15, 0.2) is 5.78 Å². The number of carbonyl (C=O) groups is 1. The molecule has 1 nitrogen and oxygen atoms in total. The van der Waals surface area contributed by atoms with Crippen molar-refractivity contribution in [2.75, 3.05) is 0 Å². The molecule has 0 atom stereocenters. The van der Waals surface area contributed by atoms with Gasteiger partial charge in [-0.3, -0.25) is 4.79 Å². The summed E-state index contributed by atoms with van der Waals surface area (Å²) in [6, 6.07) is 14.7. The first-order valence-electron chi connectivity index (χ1n) is 5.39. The number of ketones is 1. The molecule has 2 aromatic carbocycles. The Labute approximate surface area is 119 Å². The van der Waals surface area contributed by atoms with E-state index < -0.39 is 0 Å². The fourth-order valence-corrected chi connectivity index (χ4v) is 2.24. The first-order valence-corrected chi connectivity index (χ1v) is 6.56. The Hall–Kier alpha value is -1.38. The normalized spacial score (nSPS) is 10.8. The van der Waals surface area contributed by atoms with Gasteiger partial charge in [-0.25, -0.2) is 0 Å². The summed E-state index contributed by atoms with van der Waals surface area (Å²) in [7, 11) is 0. The monoisotopic (exact) mass is 320 g/mol. The van der Waals surface area contributed by atoms with Crippen LogP contribution in [0, 0.1) is 0 Å². The van der Waals surface area contributed by atoms with Gasteiger partial charge in [0.05, 0.1) is 0 Å². The second-order valence-corrected chi connectivity index (χ2v) is 5.05. The molecule has 2 aromatic rings. The first-order chi connectivity index (χ1) is 8.66. The van der Waals surface area contributed by atoms with Gasteiger partial charge in [-0.1, -0.05) is 63.9 Å². The molecule has 0 saturated carbocycles. The van der Waals surface area contributed by atoms with E-state index in [0.717, 1.165) is 10.0 Å². The summed E-state index contributed by atoms with van der Waals surface area (Å²) in [5, 5.41) is 0.612. The number of hydrogen-bond donors (Lipinski definition) is 0. The van der Waals surface area contributed by atoms with Crippen LogP contribution in [0.3, 0.4) is 0 Å². The van der Waals surface area contributed by atoms with E-state index in [2.05, 4.69) is 15.9 Å². The smallest absolute Gasteiger partial charge is 0.185 e. The van der Waals surface area contributed by atoms with Gasteiger partial charge < -0.3 is 0 Å². The van der Waals surface area contributed by atoms with Gasteiger partial charge in [0, 0.05) is 15.1 Å². The minimum Gasteiger partial charge on any atom is -0.289 e. The minimum absolute atomic E-state index is 0.0328. The van der Waals surface area contributed by atoms with Crippen molar-refractivity contribution in [2.24, 2.45) is 0 Å². The molecular weight excluding hydrogens is 312 g/mol. The zero-order valence-corrected chi connectivity index (χ0v) is 11.8. The van der Waals surface area contributed by atoms with Gasteiger partial charge in [0.1, 0.15) is 0 Å². The molecule has 0 saturated heterocycles. The lowest BCUT2D eigenvalue weighted by molar-refractivity contribution is 0.104. The second-order valence-electron chi connectivity index (χ2n) is 3.73. The fourth-order valence-electron chi connectivity index (χ4n) is 1.50. The summed E-state index contributed by atoms with van der Waals surface area (Å²) in [5.74, 6) is -0.0328. The molecule has 0 unspecified atom stereocenters. The number of carbonyl (C=O) groups excluding carboxylic acids is 1. The highest BCUT2D eigenvalue weighted by molar-refractivity contribution is 9.10. The second kappa shape index (κ2) is 5.98. The lowest BCUT2D eigenvalue weighted by Gasteiger charge is -1.99. The maximum absolute atomic E-state index is 11.9. The Balaban J connectivity index is 2.19. The largest absolute Gasteiger partial charge is 0.289 e. The number of benzene rings is 2. The first kappa shape index (κ1) is 13.1. The van der Waals surface area contributed by atoms with Gasteiger partial charge >= 0.3 is 0 Å². The Morgan fingerprint density at radius 2 is 1.83 bits per heavy atom. The lowest BCUT2D eigenvalue weighted by Crippen LogP contribution is -1.92. The van der Waals surface area contributed by atoms with Gasteiger partial charge in [-0.05, 0) is 29.8 Å². The standard InChI is InChI=1S/C15H10BrClO/c16-13-8-6-11(14(17)10-13)7-9-15(18)12-4-2-1-3-5-12/h1-10H. The zero-order valence-electron chi connectivity index (χ0n) is 9.44. The van der Waals surface area contributed by atoms with E-state index in [1.165, 1.54) is 6.08 Å². The molecule has 0 aliphatic rings. The summed E-state index contributed by atoms with van der Waals surface area (Å²) < 4.78 is 0.916. The molecule has 18 heavy (non-hydrogen) atoms. The molecule has 0 aliphatic heterocycles. The predicted octanol–water partition coefficient (Wildman–Crippen LogP) is 5.00. The van der Waals surface area contributed by atoms with Gasteiger partial charge in [0.25, 0.3) is 0 Å². The quantitative estimate of drug-likeness (QED) is 0.574. The van der Waals surface area contributed by atoms with Crippen LogP contribution in [-0.4, -0.2) is 5.78 Å². The fraction of sp³-hybridized carbons (Fsp3) is 0. The molecule has 0 aliphatic carbocycles. The number of allylic oxidation sites excluding steroid dienone is 1. The molecule has 3 heteroatoms. The van der Waals surface area contributed by atoms with Crippen LogP contribution in [0.15, 0.2) is 59.1 Å². The van der Waals surface area contributed by atoms with E-state index in [9.17, 15) is 4.79 Å². The number of rotatable bonds is 3. The Kier molecular flexibility index (Phi) is 4.34. The number of hydrogen-bond acceptors (Lipinski definition) is 1. The van der Waals surface area contributed by atoms with Crippen LogP contribution in [0.25, 0.3) is 6.08 Å². The maximum Gasteiger partial charge on any atom is 0.185 e. The van der Waals surface area contributed by atoms with Crippen LogP contribution in [0.2, 0.25) is 5.02 Å². The molecule has 2 rings (SSSR count). The molecule has 0 radical (unpaired) electrons. The topological polar surface area (TPSA) is 17.1 Å². The summed E-state index contributed by atoms with van der Waals surface area (Å²) in [6.45, 7) is 0. The molecule has 0 aromatic heterocycles. The molecular formula is C15H10BrClO. The SMILES string of the molecule is O=C(C=Cc1ccc(Br)cc1Cl)c1ccccc1. The summed E-state index contributed by atoms with van der Waals surface area (Å²) >= 11 is 9.40. The maximum atomic E-state index is 11.9. The zero-order chi connectivity index (χ0) is 13.0. The molecule has 0 N–H and O–H groups in total. The van der Waals surface area contributed by atoms with Crippen LogP contribution in [0.4, 0.5) is 0 Å². The van der Waals surface area contributed by atoms with Gasteiger partial charge in [-0.2, -0.15) is 0 Å². The highest BCUT2D eigenvalue weighted by Crippen LogP contribution is 2.22. The highest BCUT2D eigenvalue weighted by atomic mass is 79.9. The van der Waals surface area contributed by atoms with Crippen molar-refractivity contribution in [2.45, 2.75) is 0 Å². The average molecular weight is 322 g/mol. The van der Waals surface area contributed by atoms with E-state index in [1.54, 1.807) is 24.3 Å². The molecule has 0 bridgehead atoms. The van der Waals surface area contributed by atoms with Crippen LogP contribution in [0.5, 0.6) is 0 Å². The van der Waals surface area contributed by atoms with Crippen molar-refractivity contribution in [3.63, 3.8) is 0 Å². The van der Waals surface area contributed by atoms with Crippen molar-refractivity contribution < 1.29 is 4.79 Å². The molecule has 0 spiro atoms. The van der Waals surface area contributed by atoms with Crippen LogP contribution >= 0.6 is 27.5 Å². The van der Waals surface area contributed by atoms with Crippen molar-refractivity contribution >= 4 is 39.4 Å². The molecule has 0 heterocycles. The summed E-state index contributed by atoms with van der Waals surface area (Å²) in [4.78, 5) is 11.9. The molecule has 90 valence electrons. The lowest BCUT2D eigenvalue weighted by atomic mass is 10.1. The summed E-state index contributed by atoms with van der Waals surface area (Å²) in [6.07, 6.45) is 3.26. The van der Waals surface area contributed by atoms with Crippen molar-refractivity contribution in [3.8, 4) is 0 Å². The van der Waals surface area contributed by atoms with E-state index in [-0.39, 0.29) is 5.78 Å². The van der Waals surface area contributed by atoms with E-state index in [4.69, 9.17) is 11.6 Å². The third kappa shape index (κ3) is 3.31. The van der Waals surface area contributed by atoms with E-state index in [0.29, 0.717) is 10.6 Å². The Morgan fingerprint density at radius 3 is 2.50 bits per heavy atom. The third-order valence-electron chi connectivity index (χ3n) is 2.44. The minimum atomic E-state index is -0.0328. The predicted molar refractivity (Wildman–Crippen MR) is 79.0 cm³/mol. The van der Waals surface area contributed by atoms with Crippen molar-refractivity contribution in [3.05, 3.63) is 75.2 Å². The highest BCUT2D eigenvalue weighted by Gasteiger charge is 2.01. The average Bonchev–Trinajstić information content (AvgIpc) is 2.38. The molecule has 0 fully saturated rings. The number of halogens is 2.